The monoisotopic (exact) mass is 520 g/mol. The van der Waals surface area contributed by atoms with Crippen molar-refractivity contribution in [2.24, 2.45) is 23.5 Å². The lowest BCUT2D eigenvalue weighted by Crippen LogP contribution is -2.66. The van der Waals surface area contributed by atoms with E-state index in [9.17, 15) is 34.8 Å². The second-order valence-corrected chi connectivity index (χ2v) is 10.8. The highest BCUT2D eigenvalue weighted by Gasteiger charge is 2.64. The van der Waals surface area contributed by atoms with Crippen LogP contribution in [0.25, 0.3) is 16.9 Å². The molecule has 0 radical (unpaired) electrons. The van der Waals surface area contributed by atoms with Crippen LogP contribution in [0, 0.1) is 17.8 Å². The topological polar surface area (TPSA) is 161 Å². The molecule has 38 heavy (non-hydrogen) atoms. The van der Waals surface area contributed by atoms with E-state index in [-0.39, 0.29) is 36.1 Å². The van der Waals surface area contributed by atoms with Crippen molar-refractivity contribution in [2.75, 3.05) is 19.0 Å². The Morgan fingerprint density at radius 3 is 2.37 bits per heavy atom. The summed E-state index contributed by atoms with van der Waals surface area (Å²) in [6.07, 6.45) is -0.310. The number of Topliss-reactive ketones (excluding diaryl/α,β-unsaturated/α-hetero) is 2. The zero-order valence-corrected chi connectivity index (χ0v) is 21.6. The molecule has 2 unspecified atom stereocenters. The van der Waals surface area contributed by atoms with Crippen molar-refractivity contribution in [3.63, 3.8) is 0 Å². The fraction of sp³-hybridized carbons (Fsp3) is 0.414. The molecule has 200 valence electrons. The van der Waals surface area contributed by atoms with Gasteiger partial charge in [0, 0.05) is 36.8 Å². The molecule has 2 aromatic carbocycles. The second kappa shape index (κ2) is 8.96. The van der Waals surface area contributed by atoms with Crippen LogP contribution in [0.3, 0.4) is 0 Å². The SMILES string of the molecule is CCc1ccc(-c2cc(N(C)C)c3c(c2O)C(O)=C2C(=O)[C@]4(O)C(=O)C(C(N)=O)C(O)C[C@@H]4C[C@@H]2C3)cc1. The highest BCUT2D eigenvalue weighted by atomic mass is 16.3. The normalized spacial score (nSPS) is 28.4. The lowest BCUT2D eigenvalue weighted by atomic mass is 9.56. The van der Waals surface area contributed by atoms with Gasteiger partial charge in [0.25, 0.3) is 0 Å². The van der Waals surface area contributed by atoms with Gasteiger partial charge < -0.3 is 31.1 Å². The summed E-state index contributed by atoms with van der Waals surface area (Å²) in [5.41, 5.74) is 6.35. The van der Waals surface area contributed by atoms with Crippen molar-refractivity contribution in [1.82, 2.24) is 0 Å². The zero-order chi connectivity index (χ0) is 27.7. The summed E-state index contributed by atoms with van der Waals surface area (Å²) in [5, 5.41) is 44.8. The van der Waals surface area contributed by atoms with E-state index in [2.05, 4.69) is 0 Å². The van der Waals surface area contributed by atoms with Gasteiger partial charge in [-0.15, -0.1) is 0 Å². The number of hydrogen-bond donors (Lipinski definition) is 5. The Kier molecular flexibility index (Phi) is 6.11. The van der Waals surface area contributed by atoms with Crippen LogP contribution in [0.1, 0.15) is 36.5 Å². The highest BCUT2D eigenvalue weighted by molar-refractivity contribution is 6.24. The number of aryl methyl sites for hydroxylation is 1. The third-order valence-corrected chi connectivity index (χ3v) is 8.52. The van der Waals surface area contributed by atoms with E-state index in [4.69, 9.17) is 5.73 Å². The van der Waals surface area contributed by atoms with Crippen LogP contribution in [-0.2, 0) is 27.2 Å². The number of nitrogens with zero attached hydrogens (tertiary/aromatic N) is 1. The molecule has 2 fully saturated rings. The number of amides is 1. The Hall–Kier alpha value is -3.69. The van der Waals surface area contributed by atoms with Crippen molar-refractivity contribution in [3.05, 3.63) is 52.6 Å². The first-order valence-electron chi connectivity index (χ1n) is 12.8. The van der Waals surface area contributed by atoms with Crippen LogP contribution in [0.2, 0.25) is 0 Å². The number of aliphatic hydroxyl groups excluding tert-OH is 2. The van der Waals surface area contributed by atoms with E-state index in [0.29, 0.717) is 11.1 Å². The van der Waals surface area contributed by atoms with Crippen molar-refractivity contribution >= 4 is 28.9 Å². The molecule has 0 heterocycles. The molecule has 0 aliphatic heterocycles. The number of aliphatic hydroxyl groups is 3. The number of carbonyl (C=O) groups excluding carboxylic acids is 3. The first-order chi connectivity index (χ1) is 17.9. The van der Waals surface area contributed by atoms with Gasteiger partial charge >= 0.3 is 0 Å². The zero-order valence-electron chi connectivity index (χ0n) is 21.6. The molecule has 0 saturated heterocycles. The van der Waals surface area contributed by atoms with Gasteiger partial charge in [-0.1, -0.05) is 31.2 Å². The molecule has 5 rings (SSSR count). The number of ketones is 2. The molecule has 5 atom stereocenters. The maximum atomic E-state index is 13.8. The van der Waals surface area contributed by atoms with E-state index in [1.165, 1.54) is 0 Å². The summed E-state index contributed by atoms with van der Waals surface area (Å²) in [4.78, 5) is 40.7. The predicted molar refractivity (Wildman–Crippen MR) is 140 cm³/mol. The van der Waals surface area contributed by atoms with Crippen LogP contribution in [0.5, 0.6) is 5.75 Å². The van der Waals surface area contributed by atoms with Crippen molar-refractivity contribution in [2.45, 2.75) is 44.3 Å². The fourth-order valence-corrected chi connectivity index (χ4v) is 6.51. The van der Waals surface area contributed by atoms with E-state index in [1.54, 1.807) is 0 Å². The molecule has 3 aliphatic rings. The number of phenols is 1. The highest BCUT2D eigenvalue weighted by Crippen LogP contribution is 2.54. The lowest BCUT2D eigenvalue weighted by molar-refractivity contribution is -0.174. The number of aromatic hydroxyl groups is 1. The number of carbonyl (C=O) groups is 3. The average molecular weight is 521 g/mol. The summed E-state index contributed by atoms with van der Waals surface area (Å²) in [5.74, 6) is -7.19. The van der Waals surface area contributed by atoms with Crippen molar-refractivity contribution in [3.8, 4) is 16.9 Å². The number of primary amides is 1. The summed E-state index contributed by atoms with van der Waals surface area (Å²) in [6, 6.07) is 9.52. The van der Waals surface area contributed by atoms with Crippen molar-refractivity contribution in [1.29, 1.82) is 0 Å². The van der Waals surface area contributed by atoms with E-state index in [1.807, 2.05) is 56.3 Å². The van der Waals surface area contributed by atoms with Gasteiger partial charge in [-0.3, -0.25) is 14.4 Å². The number of rotatable bonds is 4. The molecule has 0 aromatic heterocycles. The Labute approximate surface area is 220 Å². The van der Waals surface area contributed by atoms with Gasteiger partial charge in [0.15, 0.2) is 11.4 Å². The fourth-order valence-electron chi connectivity index (χ4n) is 6.51. The van der Waals surface area contributed by atoms with Crippen LogP contribution in [-0.4, -0.2) is 63.7 Å². The minimum Gasteiger partial charge on any atom is -0.507 e. The lowest BCUT2D eigenvalue weighted by Gasteiger charge is -2.48. The van der Waals surface area contributed by atoms with Crippen LogP contribution < -0.4 is 10.6 Å². The van der Waals surface area contributed by atoms with Gasteiger partial charge in [-0.05, 0) is 54.4 Å². The van der Waals surface area contributed by atoms with Crippen LogP contribution in [0.15, 0.2) is 35.9 Å². The number of nitrogens with two attached hydrogens (primary N) is 1. The van der Waals surface area contributed by atoms with Gasteiger partial charge in [-0.2, -0.15) is 0 Å². The Morgan fingerprint density at radius 2 is 1.79 bits per heavy atom. The molecule has 9 nitrogen and oxygen atoms in total. The van der Waals surface area contributed by atoms with Gasteiger partial charge in [-0.25, -0.2) is 0 Å². The molecule has 0 bridgehead atoms. The molecule has 0 spiro atoms. The molecule has 3 aliphatic carbocycles. The molecular formula is C29H32N2O7. The van der Waals surface area contributed by atoms with Gasteiger partial charge in [0.05, 0.1) is 11.7 Å². The number of hydrogen-bond acceptors (Lipinski definition) is 8. The first-order valence-corrected chi connectivity index (χ1v) is 12.8. The minimum atomic E-state index is -2.59. The summed E-state index contributed by atoms with van der Waals surface area (Å²) in [6.45, 7) is 2.04. The standard InChI is InChI=1S/C29H32N2O7/c1-4-13-5-7-14(8-6-13)17-12-19(31(2)3)18-10-15-9-16-11-20(32)23(28(30)37)27(36)29(16,38)26(35)21(15)25(34)22(18)24(17)33/h5-8,12,15-16,20,23,32-34,38H,4,9-11H2,1-3H3,(H2,30,37)/t15-,16+,20?,23?,29+/m1/s1. The Balaban J connectivity index is 1.69. The number of phenolic OH excluding ortho intramolecular Hbond substituents is 1. The molecular weight excluding hydrogens is 488 g/mol. The summed E-state index contributed by atoms with van der Waals surface area (Å²) in [7, 11) is 3.69. The smallest absolute Gasteiger partial charge is 0.230 e. The first kappa shape index (κ1) is 25.9. The van der Waals surface area contributed by atoms with E-state index >= 15 is 0 Å². The summed E-state index contributed by atoms with van der Waals surface area (Å²) >= 11 is 0. The molecule has 1 amide bonds. The Bertz CT molecular complexity index is 1390. The maximum Gasteiger partial charge on any atom is 0.230 e. The Morgan fingerprint density at radius 1 is 1.13 bits per heavy atom. The van der Waals surface area contributed by atoms with Crippen molar-refractivity contribution < 1.29 is 34.8 Å². The van der Waals surface area contributed by atoms with E-state index in [0.717, 1.165) is 23.2 Å². The number of anilines is 1. The quantitative estimate of drug-likeness (QED) is 0.382. The predicted octanol–water partition coefficient (Wildman–Crippen LogP) is 1.88. The minimum absolute atomic E-state index is 0.0853. The third-order valence-electron chi connectivity index (χ3n) is 8.52. The average Bonchev–Trinajstić information content (AvgIpc) is 2.86. The largest absolute Gasteiger partial charge is 0.507 e. The van der Waals surface area contributed by atoms with Gasteiger partial charge in [0.1, 0.15) is 17.4 Å². The molecule has 9 heteroatoms. The molecule has 2 saturated carbocycles. The number of fused-ring (bicyclic) bond motifs is 3. The van der Waals surface area contributed by atoms with Gasteiger partial charge in [0.2, 0.25) is 11.7 Å². The summed E-state index contributed by atoms with van der Waals surface area (Å²) < 4.78 is 0. The maximum absolute atomic E-state index is 13.8. The molecule has 6 N–H and O–H groups in total. The molecule has 2 aromatic rings. The second-order valence-electron chi connectivity index (χ2n) is 10.8. The number of benzene rings is 2. The van der Waals surface area contributed by atoms with Crippen LogP contribution in [0.4, 0.5) is 5.69 Å². The van der Waals surface area contributed by atoms with E-state index < -0.39 is 52.7 Å². The van der Waals surface area contributed by atoms with Crippen LogP contribution >= 0.6 is 0 Å². The third kappa shape index (κ3) is 3.56.